The van der Waals surface area contributed by atoms with Crippen molar-refractivity contribution in [1.82, 2.24) is 5.32 Å². The maximum Gasteiger partial charge on any atom is 0.333 e. The molecule has 1 amide bonds. The minimum absolute atomic E-state index is 0. The fourth-order valence-electron chi connectivity index (χ4n) is 2.49. The van der Waals surface area contributed by atoms with Gasteiger partial charge in [-0.3, -0.25) is 4.79 Å². The minimum atomic E-state index is -0.275. The summed E-state index contributed by atoms with van der Waals surface area (Å²) in [7, 11) is 6.27. The number of nitrogens with zero attached hydrogens (tertiary/aromatic N) is 2. The van der Waals surface area contributed by atoms with Gasteiger partial charge >= 0.3 is 5.97 Å². The summed E-state index contributed by atoms with van der Waals surface area (Å²) in [6, 6.07) is 0. The summed E-state index contributed by atoms with van der Waals surface area (Å²) < 4.78 is 7.04. The molecule has 0 saturated heterocycles. The number of hydrogen-bond acceptors (Lipinski definition) is 3. The predicted octanol–water partition coefficient (Wildman–Crippen LogP) is -3.23. The van der Waals surface area contributed by atoms with Crippen molar-refractivity contribution in [1.29, 1.82) is 0 Å². The number of amides is 1. The lowest BCUT2D eigenvalue weighted by molar-refractivity contribution is -0.923. The van der Waals surface area contributed by atoms with Crippen molar-refractivity contribution in [2.24, 2.45) is 0 Å². The number of likely N-dealkylation sites (N-methyl/N-ethyl adjacent to an activating group) is 1. The van der Waals surface area contributed by atoms with Crippen LogP contribution in [0.3, 0.4) is 0 Å². The smallest absolute Gasteiger partial charge is 0.333 e. The molecule has 0 aliphatic rings. The van der Waals surface area contributed by atoms with Gasteiger partial charge < -0.3 is 43.8 Å². The highest BCUT2D eigenvalue weighted by Gasteiger charge is 2.19. The van der Waals surface area contributed by atoms with E-state index in [1.54, 1.807) is 13.8 Å². The van der Waals surface area contributed by atoms with Crippen LogP contribution in [-0.4, -0.2) is 87.9 Å². The van der Waals surface area contributed by atoms with E-state index in [4.69, 9.17) is 4.74 Å². The molecule has 0 aromatic heterocycles. The van der Waals surface area contributed by atoms with Crippen LogP contribution in [-0.2, 0) is 14.3 Å². The van der Waals surface area contributed by atoms with Crippen molar-refractivity contribution in [3.63, 3.8) is 0 Å². The van der Waals surface area contributed by atoms with Crippen LogP contribution in [0, 0.1) is 0 Å². The first-order valence-electron chi connectivity index (χ1n) is 10.3. The van der Waals surface area contributed by atoms with Crippen LogP contribution in [0.1, 0.15) is 41.0 Å². The third-order valence-electron chi connectivity index (χ3n) is 4.83. The fourth-order valence-corrected chi connectivity index (χ4v) is 2.49. The monoisotopic (exact) mass is 469 g/mol. The van der Waals surface area contributed by atoms with Crippen molar-refractivity contribution in [2.45, 2.75) is 41.0 Å². The van der Waals surface area contributed by atoms with Gasteiger partial charge in [-0.05, 0) is 34.6 Å². The van der Waals surface area contributed by atoms with Crippen LogP contribution >= 0.6 is 0 Å². The fraction of sp³-hybridized carbons (Fsp3) is 0.727. The Balaban J connectivity index is -0.000000219. The maximum atomic E-state index is 11.1. The lowest BCUT2D eigenvalue weighted by Crippen LogP contribution is -3.00. The van der Waals surface area contributed by atoms with E-state index in [1.165, 1.54) is 0 Å². The average molecular weight is 471 g/mol. The van der Waals surface area contributed by atoms with Crippen LogP contribution in [0.15, 0.2) is 24.3 Å². The number of rotatable bonds is 12. The van der Waals surface area contributed by atoms with Gasteiger partial charge in [-0.25, -0.2) is 4.79 Å². The molecule has 30 heavy (non-hydrogen) atoms. The zero-order valence-electron chi connectivity index (χ0n) is 20.4. The molecule has 0 aliphatic heterocycles. The SMILES string of the molecule is C=C(C)C(=O)NCC[N+](C)(C)C.C=C(C)C(=O)OCCC[N+](CC)(CC)CC.[Cl-].[Cl-]. The summed E-state index contributed by atoms with van der Waals surface area (Å²) in [5, 5.41) is 2.78. The molecule has 0 aliphatic carbocycles. The van der Waals surface area contributed by atoms with Crippen molar-refractivity contribution >= 4 is 11.9 Å². The van der Waals surface area contributed by atoms with Gasteiger partial charge in [0, 0.05) is 17.6 Å². The van der Waals surface area contributed by atoms with Crippen molar-refractivity contribution in [2.75, 3.05) is 67.0 Å². The van der Waals surface area contributed by atoms with E-state index in [0.29, 0.717) is 24.3 Å². The Morgan fingerprint density at radius 3 is 1.67 bits per heavy atom. The number of halogens is 2. The molecular formula is C22H45Cl2N3O3. The topological polar surface area (TPSA) is 55.4 Å². The minimum Gasteiger partial charge on any atom is -1.00 e. The Morgan fingerprint density at radius 2 is 1.33 bits per heavy atom. The lowest BCUT2D eigenvalue weighted by atomic mass is 10.3. The van der Waals surface area contributed by atoms with Gasteiger partial charge in [0.2, 0.25) is 5.91 Å². The molecule has 0 rings (SSSR count). The van der Waals surface area contributed by atoms with E-state index in [-0.39, 0.29) is 36.7 Å². The number of quaternary nitrogens is 2. The number of esters is 1. The molecule has 0 saturated carbocycles. The molecule has 0 heterocycles. The molecule has 0 unspecified atom stereocenters. The lowest BCUT2D eigenvalue weighted by Gasteiger charge is -2.35. The Bertz CT molecular complexity index is 506. The van der Waals surface area contributed by atoms with E-state index in [2.05, 4.69) is 60.4 Å². The number of ether oxygens (including phenoxy) is 1. The molecule has 6 nitrogen and oxygen atoms in total. The Morgan fingerprint density at radius 1 is 0.867 bits per heavy atom. The normalized spacial score (nSPS) is 10.4. The molecule has 0 aromatic carbocycles. The van der Waals surface area contributed by atoms with E-state index < -0.39 is 0 Å². The third-order valence-corrected chi connectivity index (χ3v) is 4.83. The van der Waals surface area contributed by atoms with Gasteiger partial charge in [-0.15, -0.1) is 0 Å². The van der Waals surface area contributed by atoms with Crippen molar-refractivity contribution in [3.05, 3.63) is 24.3 Å². The third kappa shape index (κ3) is 18.9. The zero-order chi connectivity index (χ0) is 22.4. The van der Waals surface area contributed by atoms with Crippen LogP contribution < -0.4 is 30.1 Å². The highest BCUT2D eigenvalue weighted by Crippen LogP contribution is 2.07. The second-order valence-electron chi connectivity index (χ2n) is 8.33. The van der Waals surface area contributed by atoms with Crippen LogP contribution in [0.2, 0.25) is 0 Å². The summed E-state index contributed by atoms with van der Waals surface area (Å²) in [5.41, 5.74) is 1.04. The van der Waals surface area contributed by atoms with Gasteiger partial charge in [0.15, 0.2) is 0 Å². The van der Waals surface area contributed by atoms with Crippen LogP contribution in [0.4, 0.5) is 0 Å². The first-order chi connectivity index (χ1) is 12.8. The molecule has 8 heteroatoms. The molecule has 1 N–H and O–H groups in total. The Hall–Kier alpha value is -1.08. The molecule has 0 fully saturated rings. The predicted molar refractivity (Wildman–Crippen MR) is 118 cm³/mol. The van der Waals surface area contributed by atoms with E-state index in [0.717, 1.165) is 48.1 Å². The van der Waals surface area contributed by atoms with Crippen molar-refractivity contribution < 1.29 is 48.1 Å². The number of hydrogen-bond donors (Lipinski definition) is 1. The maximum absolute atomic E-state index is 11.1. The Kier molecular flexibility index (Phi) is 22.6. The summed E-state index contributed by atoms with van der Waals surface area (Å²) in [6.07, 6.45) is 0.925. The van der Waals surface area contributed by atoms with E-state index in [1.807, 2.05) is 0 Å². The largest absolute Gasteiger partial charge is 1.00 e. The molecule has 0 radical (unpaired) electrons. The zero-order valence-corrected chi connectivity index (χ0v) is 22.0. The first-order valence-corrected chi connectivity index (χ1v) is 10.3. The standard InChI is InChI=1S/C13H26NO2.C9H18N2O.2ClH/c1-6-14(7-2,8-3)10-9-11-16-13(15)12(4)5;1-8(2)9(12)10-6-7-11(3,4)5;;/h4,6-11H2,1-3,5H3;1,6-7H2,2-5H3;2*1H/q+1;;;/p-1. The highest BCUT2D eigenvalue weighted by molar-refractivity contribution is 5.92. The van der Waals surface area contributed by atoms with Gasteiger partial charge in [0.05, 0.1) is 67.0 Å². The summed E-state index contributed by atoms with van der Waals surface area (Å²) >= 11 is 0. The number of carbonyl (C=O) groups is 2. The highest BCUT2D eigenvalue weighted by atomic mass is 35.5. The molecule has 0 bridgehead atoms. The summed E-state index contributed by atoms with van der Waals surface area (Å²) in [4.78, 5) is 22.2. The number of carbonyl (C=O) groups excluding carboxylic acids is 2. The molecule has 0 aromatic rings. The second kappa shape index (κ2) is 18.7. The first kappa shape index (κ1) is 36.3. The van der Waals surface area contributed by atoms with E-state index >= 15 is 0 Å². The molecule has 0 atom stereocenters. The summed E-state index contributed by atoms with van der Waals surface area (Å²) in [5.74, 6) is -0.328. The summed E-state index contributed by atoms with van der Waals surface area (Å²) in [6.45, 7) is 23.8. The quantitative estimate of drug-likeness (QED) is 0.141. The molecule has 180 valence electrons. The Labute approximate surface area is 197 Å². The van der Waals surface area contributed by atoms with Crippen LogP contribution in [0.5, 0.6) is 0 Å². The second-order valence-corrected chi connectivity index (χ2v) is 8.33. The van der Waals surface area contributed by atoms with Gasteiger partial charge in [0.1, 0.15) is 0 Å². The van der Waals surface area contributed by atoms with Gasteiger partial charge in [-0.2, -0.15) is 0 Å². The van der Waals surface area contributed by atoms with E-state index in [9.17, 15) is 9.59 Å². The average Bonchev–Trinajstić information content (AvgIpc) is 2.61. The van der Waals surface area contributed by atoms with Gasteiger partial charge in [-0.1, -0.05) is 13.2 Å². The number of nitrogens with one attached hydrogen (secondary N) is 1. The molecular weight excluding hydrogens is 425 g/mol. The van der Waals surface area contributed by atoms with Crippen LogP contribution in [0.25, 0.3) is 0 Å². The van der Waals surface area contributed by atoms with Crippen molar-refractivity contribution in [3.8, 4) is 0 Å². The molecule has 0 spiro atoms. The van der Waals surface area contributed by atoms with Gasteiger partial charge in [0.25, 0.3) is 0 Å².